The lowest BCUT2D eigenvalue weighted by atomic mass is 9.97. The van der Waals surface area contributed by atoms with E-state index in [1.165, 1.54) is 16.7 Å². The molecule has 0 saturated carbocycles. The van der Waals surface area contributed by atoms with E-state index < -0.39 is 0 Å². The van der Waals surface area contributed by atoms with Gasteiger partial charge in [0.2, 0.25) is 0 Å². The van der Waals surface area contributed by atoms with Crippen molar-refractivity contribution < 1.29 is 0 Å². The van der Waals surface area contributed by atoms with Crippen LogP contribution in [0.1, 0.15) is 28.3 Å². The Kier molecular flexibility index (Phi) is 3.72. The Hall–Kier alpha value is -2.19. The fourth-order valence-corrected chi connectivity index (χ4v) is 2.85. The minimum Gasteiger partial charge on any atom is -0.324 e. The highest BCUT2D eigenvalue weighted by Crippen LogP contribution is 2.21. The lowest BCUT2D eigenvalue weighted by Gasteiger charge is -2.13. The molecule has 106 valence electrons. The molecule has 1 heterocycles. The summed E-state index contributed by atoms with van der Waals surface area (Å²) in [6, 6.07) is 16.9. The average Bonchev–Trinajstić information content (AvgIpc) is 2.45. The van der Waals surface area contributed by atoms with Gasteiger partial charge in [0.25, 0.3) is 0 Å². The Morgan fingerprint density at radius 2 is 1.71 bits per heavy atom. The topological polar surface area (TPSA) is 38.9 Å². The molecule has 2 nitrogen and oxygen atoms in total. The van der Waals surface area contributed by atoms with Crippen LogP contribution in [0.25, 0.3) is 10.9 Å². The average molecular weight is 276 g/mol. The number of aryl methyl sites for hydroxylation is 2. The first-order valence-electron chi connectivity index (χ1n) is 7.29. The first kappa shape index (κ1) is 13.8. The molecule has 0 saturated heterocycles. The molecule has 2 N–H and O–H groups in total. The molecule has 0 aliphatic carbocycles. The number of para-hydroxylation sites is 1. The molecule has 2 heteroatoms. The zero-order chi connectivity index (χ0) is 14.8. The third kappa shape index (κ3) is 3.11. The summed E-state index contributed by atoms with van der Waals surface area (Å²) in [6.07, 6.45) is 2.73. The molecule has 0 amide bonds. The fourth-order valence-electron chi connectivity index (χ4n) is 2.85. The lowest BCUT2D eigenvalue weighted by Crippen LogP contribution is -2.13. The third-order valence-electron chi connectivity index (χ3n) is 3.78. The van der Waals surface area contributed by atoms with Gasteiger partial charge in [-0.2, -0.15) is 0 Å². The Morgan fingerprint density at radius 1 is 1.00 bits per heavy atom. The van der Waals surface area contributed by atoms with Gasteiger partial charge < -0.3 is 5.73 Å². The van der Waals surface area contributed by atoms with Crippen LogP contribution >= 0.6 is 0 Å². The van der Waals surface area contributed by atoms with Crippen LogP contribution < -0.4 is 5.73 Å². The van der Waals surface area contributed by atoms with Crippen molar-refractivity contribution in [3.63, 3.8) is 0 Å². The number of nitrogens with zero attached hydrogens (tertiary/aromatic N) is 1. The maximum absolute atomic E-state index is 6.38. The maximum Gasteiger partial charge on any atom is 0.0702 e. The van der Waals surface area contributed by atoms with Gasteiger partial charge in [0, 0.05) is 17.6 Å². The fraction of sp³-hybridized carbons (Fsp3) is 0.211. The molecule has 1 unspecified atom stereocenters. The SMILES string of the molecule is Cc1cc(C)cc(CC(N)c2cnc3ccccc3c2)c1. The number of pyridine rings is 1. The van der Waals surface area contributed by atoms with Gasteiger partial charge in [0.15, 0.2) is 0 Å². The van der Waals surface area contributed by atoms with Gasteiger partial charge in [-0.3, -0.25) is 4.98 Å². The standard InChI is InChI=1S/C19H20N2/c1-13-7-14(2)9-15(8-13)10-18(20)17-11-16-5-3-4-6-19(16)21-12-17/h3-9,11-12,18H,10,20H2,1-2H3. The zero-order valence-electron chi connectivity index (χ0n) is 12.5. The van der Waals surface area contributed by atoms with Crippen molar-refractivity contribution in [1.82, 2.24) is 4.98 Å². The molecule has 0 spiro atoms. The summed E-state index contributed by atoms with van der Waals surface area (Å²) in [6.45, 7) is 4.25. The van der Waals surface area contributed by atoms with Crippen molar-refractivity contribution in [2.75, 3.05) is 0 Å². The first-order valence-corrected chi connectivity index (χ1v) is 7.29. The first-order chi connectivity index (χ1) is 10.1. The van der Waals surface area contributed by atoms with Crippen LogP contribution in [0.5, 0.6) is 0 Å². The Morgan fingerprint density at radius 3 is 2.48 bits per heavy atom. The van der Waals surface area contributed by atoms with Crippen molar-refractivity contribution in [3.05, 3.63) is 77.0 Å². The van der Waals surface area contributed by atoms with Gasteiger partial charge in [-0.1, -0.05) is 47.5 Å². The molecule has 0 aliphatic heterocycles. The van der Waals surface area contributed by atoms with Gasteiger partial charge in [0.05, 0.1) is 5.52 Å². The van der Waals surface area contributed by atoms with E-state index in [0.717, 1.165) is 22.9 Å². The normalized spacial score (nSPS) is 12.5. The molecule has 0 radical (unpaired) electrons. The van der Waals surface area contributed by atoms with E-state index in [1.807, 2.05) is 24.4 Å². The van der Waals surface area contributed by atoms with Crippen molar-refractivity contribution in [2.45, 2.75) is 26.3 Å². The summed E-state index contributed by atoms with van der Waals surface area (Å²) >= 11 is 0. The van der Waals surface area contributed by atoms with Crippen LogP contribution in [0.3, 0.4) is 0 Å². The predicted octanol–water partition coefficient (Wildman–Crippen LogP) is 4.09. The Bertz CT molecular complexity index is 757. The number of nitrogens with two attached hydrogens (primary N) is 1. The van der Waals surface area contributed by atoms with Crippen molar-refractivity contribution in [3.8, 4) is 0 Å². The summed E-state index contributed by atoms with van der Waals surface area (Å²) in [5.41, 5.74) is 12.3. The Labute approximate surface area is 125 Å². The molecule has 1 aromatic heterocycles. The number of hydrogen-bond acceptors (Lipinski definition) is 2. The molecule has 0 fully saturated rings. The highest BCUT2D eigenvalue weighted by Gasteiger charge is 2.09. The number of aromatic nitrogens is 1. The van der Waals surface area contributed by atoms with Crippen LogP contribution in [-0.4, -0.2) is 4.98 Å². The van der Waals surface area contributed by atoms with Crippen LogP contribution in [0.2, 0.25) is 0 Å². The molecular weight excluding hydrogens is 256 g/mol. The minimum atomic E-state index is -0.0247. The predicted molar refractivity (Wildman–Crippen MR) is 88.3 cm³/mol. The Balaban J connectivity index is 1.87. The van der Waals surface area contributed by atoms with Crippen LogP contribution in [0, 0.1) is 13.8 Å². The van der Waals surface area contributed by atoms with E-state index in [1.54, 1.807) is 0 Å². The highest BCUT2D eigenvalue weighted by molar-refractivity contribution is 5.78. The van der Waals surface area contributed by atoms with Crippen LogP contribution in [0.15, 0.2) is 54.7 Å². The van der Waals surface area contributed by atoms with Gasteiger partial charge in [-0.15, -0.1) is 0 Å². The van der Waals surface area contributed by atoms with E-state index in [4.69, 9.17) is 5.73 Å². The number of rotatable bonds is 3. The number of fused-ring (bicyclic) bond motifs is 1. The molecular formula is C19H20N2. The van der Waals surface area contributed by atoms with E-state index in [2.05, 4.69) is 49.2 Å². The summed E-state index contributed by atoms with van der Waals surface area (Å²) in [7, 11) is 0. The van der Waals surface area contributed by atoms with Crippen LogP contribution in [-0.2, 0) is 6.42 Å². The van der Waals surface area contributed by atoms with Crippen LogP contribution in [0.4, 0.5) is 0 Å². The van der Waals surface area contributed by atoms with E-state index >= 15 is 0 Å². The number of benzene rings is 2. The minimum absolute atomic E-state index is 0.0247. The summed E-state index contributed by atoms with van der Waals surface area (Å²) in [5.74, 6) is 0. The highest BCUT2D eigenvalue weighted by atomic mass is 14.7. The second-order valence-electron chi connectivity index (χ2n) is 5.77. The maximum atomic E-state index is 6.38. The van der Waals surface area contributed by atoms with Crippen molar-refractivity contribution in [2.24, 2.45) is 5.73 Å². The third-order valence-corrected chi connectivity index (χ3v) is 3.78. The van der Waals surface area contributed by atoms with Gasteiger partial charge >= 0.3 is 0 Å². The summed E-state index contributed by atoms with van der Waals surface area (Å²) < 4.78 is 0. The molecule has 21 heavy (non-hydrogen) atoms. The quantitative estimate of drug-likeness (QED) is 0.782. The van der Waals surface area contributed by atoms with Crippen molar-refractivity contribution in [1.29, 1.82) is 0 Å². The number of hydrogen-bond donors (Lipinski definition) is 1. The van der Waals surface area contributed by atoms with Gasteiger partial charge in [-0.05, 0) is 43.5 Å². The monoisotopic (exact) mass is 276 g/mol. The zero-order valence-corrected chi connectivity index (χ0v) is 12.5. The largest absolute Gasteiger partial charge is 0.324 e. The second kappa shape index (κ2) is 5.66. The van der Waals surface area contributed by atoms with E-state index in [9.17, 15) is 0 Å². The smallest absolute Gasteiger partial charge is 0.0702 e. The summed E-state index contributed by atoms with van der Waals surface area (Å²) in [4.78, 5) is 4.50. The lowest BCUT2D eigenvalue weighted by molar-refractivity contribution is 0.719. The molecule has 3 rings (SSSR count). The van der Waals surface area contributed by atoms with E-state index in [0.29, 0.717) is 0 Å². The molecule has 0 bridgehead atoms. The van der Waals surface area contributed by atoms with E-state index in [-0.39, 0.29) is 6.04 Å². The van der Waals surface area contributed by atoms with Gasteiger partial charge in [0.1, 0.15) is 0 Å². The molecule has 1 atom stereocenters. The van der Waals surface area contributed by atoms with Gasteiger partial charge in [-0.25, -0.2) is 0 Å². The molecule has 2 aromatic carbocycles. The molecule has 0 aliphatic rings. The summed E-state index contributed by atoms with van der Waals surface area (Å²) in [5, 5.41) is 1.14. The van der Waals surface area contributed by atoms with Crippen molar-refractivity contribution >= 4 is 10.9 Å². The second-order valence-corrected chi connectivity index (χ2v) is 5.77. The molecule has 3 aromatic rings.